The van der Waals surface area contributed by atoms with Crippen LogP contribution in [-0.4, -0.2) is 64.4 Å². The lowest BCUT2D eigenvalue weighted by molar-refractivity contribution is -0.120. The lowest BCUT2D eigenvalue weighted by atomic mass is 9.89. The van der Waals surface area contributed by atoms with Crippen molar-refractivity contribution in [3.8, 4) is 0 Å². The van der Waals surface area contributed by atoms with Crippen LogP contribution in [0.4, 0.5) is 19.0 Å². The maximum atomic E-state index is 15.4. The number of aromatic nitrogens is 2. The fourth-order valence-electron chi connectivity index (χ4n) is 2.98. The number of nitrogen functional groups attached to an aromatic ring is 1. The van der Waals surface area contributed by atoms with Crippen molar-refractivity contribution in [2.75, 3.05) is 12.4 Å². The maximum Gasteiger partial charge on any atom is 0.490 e. The second kappa shape index (κ2) is 9.35. The zero-order valence-corrected chi connectivity index (χ0v) is 19.6. The molecule has 1 fully saturated rings. The molecular weight excluding hydrogens is 544 g/mol. The summed E-state index contributed by atoms with van der Waals surface area (Å²) in [5.74, 6) is -2.22. The van der Waals surface area contributed by atoms with E-state index in [0.29, 0.717) is 6.20 Å². The van der Waals surface area contributed by atoms with Gasteiger partial charge in [0, 0.05) is 0 Å². The van der Waals surface area contributed by atoms with E-state index in [1.54, 1.807) is 0 Å². The third kappa shape index (κ3) is 6.32. The van der Waals surface area contributed by atoms with Gasteiger partial charge in [-0.2, -0.15) is 13.6 Å². The van der Waals surface area contributed by atoms with Gasteiger partial charge in [0.1, 0.15) is 24.5 Å². The van der Waals surface area contributed by atoms with Crippen molar-refractivity contribution < 1.29 is 69.4 Å². The molecule has 0 aliphatic carbocycles. The molecule has 6 atom stereocenters. The molecule has 0 spiro atoms. The normalized spacial score (nSPS) is 29.5. The summed E-state index contributed by atoms with van der Waals surface area (Å²) >= 11 is 0. The Hall–Kier alpha value is -1.20. The van der Waals surface area contributed by atoms with Crippen LogP contribution in [0.2, 0.25) is 0 Å². The van der Waals surface area contributed by atoms with Crippen LogP contribution in [0.3, 0.4) is 0 Å². The number of hydrogen-bond donors (Lipinski definition) is 6. The molecule has 1 saturated heterocycles. The van der Waals surface area contributed by atoms with Gasteiger partial charge in [-0.1, -0.05) is 0 Å². The Kier molecular flexibility index (Phi) is 7.98. The Bertz CT molecular complexity index is 1150. The first kappa shape index (κ1) is 29.0. The van der Waals surface area contributed by atoms with E-state index in [9.17, 15) is 42.2 Å². The Morgan fingerprint density at radius 1 is 1.24 bits per heavy atom. The number of alkyl halides is 2. The first-order valence-corrected chi connectivity index (χ1v) is 13.1. The molecule has 0 saturated carbocycles. The number of ether oxygens (including phenoxy) is 1. The van der Waals surface area contributed by atoms with Crippen molar-refractivity contribution in [1.82, 2.24) is 9.55 Å². The predicted octanol–water partition coefficient (Wildman–Crippen LogP) is 0.0226. The van der Waals surface area contributed by atoms with Gasteiger partial charge in [-0.05, 0) is 13.8 Å². The highest BCUT2D eigenvalue weighted by Crippen LogP contribution is 2.67. The summed E-state index contributed by atoms with van der Waals surface area (Å²) in [6.07, 6.45) is -6.81. The largest absolute Gasteiger partial charge is 0.490 e. The van der Waals surface area contributed by atoms with Gasteiger partial charge in [0.05, 0.1) is 6.20 Å². The minimum Gasteiger partial charge on any atom is -0.387 e. The molecule has 0 radical (unpaired) electrons. The lowest BCUT2D eigenvalue weighted by Crippen LogP contribution is -2.51. The SMILES string of the molecule is CC(C)(OP(=O)(O)OP(=O)(O)OP(=O)(O)O)[C@H]1O[C@@H](n2cc(F)c(N)nc2=O)[C@@](F)(CF)C1O. The average molecular weight is 563 g/mol. The number of hydrogen-bond acceptors (Lipinski definition) is 11. The molecule has 0 aromatic carbocycles. The Balaban J connectivity index is 2.38. The second-order valence-corrected chi connectivity index (χ2v) is 11.7. The zero-order chi connectivity index (χ0) is 26.5. The maximum absolute atomic E-state index is 15.4. The summed E-state index contributed by atoms with van der Waals surface area (Å²) in [7, 11) is -17.4. The molecule has 2 rings (SSSR count). The van der Waals surface area contributed by atoms with Crippen LogP contribution in [0.5, 0.6) is 0 Å². The number of rotatable bonds is 9. The predicted molar refractivity (Wildman–Crippen MR) is 102 cm³/mol. The van der Waals surface area contributed by atoms with Crippen LogP contribution < -0.4 is 11.4 Å². The highest BCUT2D eigenvalue weighted by atomic mass is 31.3. The van der Waals surface area contributed by atoms with Gasteiger partial charge >= 0.3 is 29.2 Å². The molecule has 3 unspecified atom stereocenters. The van der Waals surface area contributed by atoms with Gasteiger partial charge in [-0.25, -0.2) is 31.7 Å². The number of aliphatic hydroxyl groups excluding tert-OH is 1. The van der Waals surface area contributed by atoms with Crippen molar-refractivity contribution in [3.63, 3.8) is 0 Å². The number of nitrogens with two attached hydrogens (primary N) is 1. The molecule has 7 N–H and O–H groups in total. The van der Waals surface area contributed by atoms with E-state index in [1.807, 2.05) is 0 Å². The number of nitrogens with zero attached hydrogens (tertiary/aromatic N) is 2. The van der Waals surface area contributed by atoms with Gasteiger partial charge in [0.15, 0.2) is 17.9 Å². The standard InChI is InChI=1S/C12H19F3N3O13P3/c1-11(2,29-33(24,25)31-34(26,27)30-32(21,22)23)7-6(19)12(15,4-13)9(28-7)18-3-5(14)8(16)17-10(18)20/h3,6-7,9,19H,4H2,1-2H3,(H,24,25)(H,26,27)(H2,16,17,20)(H2,21,22,23)/t6?,7-,9+,12+/m0/s1. The van der Waals surface area contributed by atoms with E-state index in [1.165, 1.54) is 0 Å². The van der Waals surface area contributed by atoms with Crippen molar-refractivity contribution in [2.24, 2.45) is 0 Å². The van der Waals surface area contributed by atoms with Crippen LogP contribution in [0.25, 0.3) is 0 Å². The summed E-state index contributed by atoms with van der Waals surface area (Å²) in [5, 5.41) is 10.4. The molecule has 22 heteroatoms. The number of aliphatic hydroxyl groups is 1. The van der Waals surface area contributed by atoms with E-state index in [2.05, 4.69) is 18.1 Å². The number of anilines is 1. The van der Waals surface area contributed by atoms with E-state index in [4.69, 9.17) is 20.3 Å². The molecule has 1 aromatic rings. The molecule has 0 amide bonds. The van der Waals surface area contributed by atoms with Crippen molar-refractivity contribution in [2.45, 2.75) is 43.6 Å². The van der Waals surface area contributed by atoms with Crippen LogP contribution >= 0.6 is 23.5 Å². The van der Waals surface area contributed by atoms with E-state index in [-0.39, 0.29) is 4.57 Å². The minimum absolute atomic E-state index is 0.120. The number of halogens is 3. The van der Waals surface area contributed by atoms with Crippen LogP contribution in [-0.2, 0) is 31.6 Å². The van der Waals surface area contributed by atoms with Gasteiger partial charge in [-0.3, -0.25) is 9.09 Å². The van der Waals surface area contributed by atoms with E-state index >= 15 is 4.39 Å². The van der Waals surface area contributed by atoms with Gasteiger partial charge in [0.2, 0.25) is 5.67 Å². The van der Waals surface area contributed by atoms with E-state index < -0.39 is 77.2 Å². The third-order valence-electron chi connectivity index (χ3n) is 4.31. The Morgan fingerprint density at radius 3 is 2.29 bits per heavy atom. The summed E-state index contributed by atoms with van der Waals surface area (Å²) in [5.41, 5.74) is -2.20. The van der Waals surface area contributed by atoms with E-state index in [0.717, 1.165) is 13.8 Å². The summed E-state index contributed by atoms with van der Waals surface area (Å²) < 4.78 is 94.0. The van der Waals surface area contributed by atoms with Crippen molar-refractivity contribution >= 4 is 29.3 Å². The first-order valence-electron chi connectivity index (χ1n) is 8.61. The molecular formula is C12H19F3N3O13P3. The fourth-order valence-corrected chi connectivity index (χ4v) is 6.32. The minimum atomic E-state index is -5.92. The summed E-state index contributed by atoms with van der Waals surface area (Å²) in [6.45, 7) is -0.380. The fraction of sp³-hybridized carbons (Fsp3) is 0.667. The van der Waals surface area contributed by atoms with Gasteiger partial charge < -0.3 is 35.2 Å². The summed E-state index contributed by atoms with van der Waals surface area (Å²) in [6, 6.07) is 0. The molecule has 34 heavy (non-hydrogen) atoms. The topological polar surface area (TPSA) is 250 Å². The first-order chi connectivity index (χ1) is 15.1. The number of phosphoric ester groups is 1. The average Bonchev–Trinajstić information content (AvgIpc) is 2.87. The Labute approximate surface area is 187 Å². The quantitative estimate of drug-likeness (QED) is 0.217. The van der Waals surface area contributed by atoms with Gasteiger partial charge in [-0.15, -0.1) is 0 Å². The molecule has 196 valence electrons. The third-order valence-corrected chi connectivity index (χ3v) is 8.34. The molecule has 2 heterocycles. The lowest BCUT2D eigenvalue weighted by Gasteiger charge is -2.34. The molecule has 16 nitrogen and oxygen atoms in total. The van der Waals surface area contributed by atoms with Crippen LogP contribution in [0.15, 0.2) is 11.0 Å². The smallest absolute Gasteiger partial charge is 0.387 e. The van der Waals surface area contributed by atoms with Crippen LogP contribution in [0, 0.1) is 5.82 Å². The molecule has 0 bridgehead atoms. The molecule has 1 aromatic heterocycles. The van der Waals surface area contributed by atoms with Crippen molar-refractivity contribution in [1.29, 1.82) is 0 Å². The summed E-state index contributed by atoms with van der Waals surface area (Å²) in [4.78, 5) is 51.1. The second-order valence-electron chi connectivity index (χ2n) is 7.36. The van der Waals surface area contributed by atoms with Crippen LogP contribution in [0.1, 0.15) is 20.1 Å². The highest BCUT2D eigenvalue weighted by molar-refractivity contribution is 7.66. The molecule has 1 aliphatic rings. The number of phosphoric acid groups is 3. The molecule has 1 aliphatic heterocycles. The Morgan fingerprint density at radius 2 is 1.79 bits per heavy atom. The van der Waals surface area contributed by atoms with Crippen molar-refractivity contribution in [3.05, 3.63) is 22.5 Å². The highest BCUT2D eigenvalue weighted by Gasteiger charge is 2.63. The zero-order valence-electron chi connectivity index (χ0n) is 17.0. The monoisotopic (exact) mass is 563 g/mol. The van der Waals surface area contributed by atoms with Gasteiger partial charge in [0.25, 0.3) is 0 Å².